The van der Waals surface area contributed by atoms with Crippen LogP contribution < -0.4 is 24.8 Å². The zero-order valence-corrected chi connectivity index (χ0v) is 26.8. The SMILES string of the molecule is C=Cc1c[c-]c2c(c1)-c1cc(C=C)ccc1C2.CC(C)(C)c1cc[cH-]c1.CC[C](=[Zr+2])c1ccccc1.[Cl-].[Cl-]. The monoisotopic (exact) mass is 616 g/mol. The molecule has 0 heterocycles. The van der Waals surface area contributed by atoms with E-state index >= 15 is 0 Å². The Balaban J connectivity index is 0.000000299. The van der Waals surface area contributed by atoms with E-state index in [-0.39, 0.29) is 24.8 Å². The minimum Gasteiger partial charge on any atom is -1.00 e. The fourth-order valence-corrected chi connectivity index (χ4v) is 4.49. The molecule has 0 aliphatic heterocycles. The van der Waals surface area contributed by atoms with E-state index in [1.807, 2.05) is 18.2 Å². The molecule has 196 valence electrons. The Hall–Kier alpha value is -2.18. The van der Waals surface area contributed by atoms with Gasteiger partial charge >= 0.3 is 76.7 Å². The summed E-state index contributed by atoms with van der Waals surface area (Å²) in [5.74, 6) is 0. The van der Waals surface area contributed by atoms with Crippen LogP contribution in [0.2, 0.25) is 0 Å². The molecule has 0 nitrogen and oxygen atoms in total. The minimum absolute atomic E-state index is 0. The Morgan fingerprint density at radius 2 is 1.61 bits per heavy atom. The molecular formula is C35H36Cl2Zr-2. The molecule has 0 spiro atoms. The minimum atomic E-state index is 0. The summed E-state index contributed by atoms with van der Waals surface area (Å²) in [5, 5.41) is 0. The third-order valence-corrected chi connectivity index (χ3v) is 7.90. The maximum Gasteiger partial charge on any atom is -1.00 e. The van der Waals surface area contributed by atoms with Crippen molar-refractivity contribution in [3.05, 3.63) is 138 Å². The fraction of sp³-hybridized carbons (Fsp3) is 0.200. The van der Waals surface area contributed by atoms with Crippen molar-refractivity contribution in [2.75, 3.05) is 0 Å². The van der Waals surface area contributed by atoms with Crippen LogP contribution in [0.5, 0.6) is 0 Å². The third kappa shape index (κ3) is 9.23. The van der Waals surface area contributed by atoms with Crippen LogP contribution >= 0.6 is 0 Å². The summed E-state index contributed by atoms with van der Waals surface area (Å²) in [4.78, 5) is 0. The van der Waals surface area contributed by atoms with Gasteiger partial charge in [-0.25, -0.2) is 6.07 Å². The van der Waals surface area contributed by atoms with Gasteiger partial charge in [0.15, 0.2) is 0 Å². The molecule has 4 aromatic carbocycles. The predicted molar refractivity (Wildman–Crippen MR) is 155 cm³/mol. The summed E-state index contributed by atoms with van der Waals surface area (Å²) >= 11 is 1.54. The molecule has 0 fully saturated rings. The average molecular weight is 619 g/mol. The van der Waals surface area contributed by atoms with Gasteiger partial charge in [0.05, 0.1) is 0 Å². The third-order valence-electron chi connectivity index (χ3n) is 6.32. The first-order valence-corrected chi connectivity index (χ1v) is 13.8. The standard InChI is InChI=1S/C17H13.C9H13.C9H10.2ClH.Zr/c1-3-12-5-7-14-11-15-8-6-13(4-2)10-17(15)16(14)9-12;1-9(2,3)8-6-4-5-7-8;1-2-6-9-7-4-3-5-8-9;;;/h3-7,9-10H,1-2,11H2;4-7H,1-3H3;3-5,7-8H,2H2,1H3;2*1H;/q2*-1;;;;+2/p-2. The van der Waals surface area contributed by atoms with E-state index < -0.39 is 0 Å². The molecule has 1 aliphatic rings. The van der Waals surface area contributed by atoms with Crippen molar-refractivity contribution in [1.82, 2.24) is 0 Å². The Labute approximate surface area is 257 Å². The summed E-state index contributed by atoms with van der Waals surface area (Å²) in [6.45, 7) is 16.5. The molecule has 0 bridgehead atoms. The quantitative estimate of drug-likeness (QED) is 0.272. The molecule has 5 rings (SSSR count). The second-order valence-corrected chi connectivity index (χ2v) is 11.4. The van der Waals surface area contributed by atoms with Crippen molar-refractivity contribution < 1.29 is 49.0 Å². The van der Waals surface area contributed by atoms with Gasteiger partial charge < -0.3 is 24.8 Å². The van der Waals surface area contributed by atoms with Crippen LogP contribution in [-0.4, -0.2) is 3.21 Å². The maximum atomic E-state index is 3.82. The van der Waals surface area contributed by atoms with Crippen LogP contribution in [0.4, 0.5) is 0 Å². The zero-order chi connectivity index (χ0) is 26.1. The number of halogens is 2. The number of rotatable bonds is 4. The van der Waals surface area contributed by atoms with Crippen molar-refractivity contribution >= 4 is 15.4 Å². The molecule has 0 N–H and O–H groups in total. The average Bonchev–Trinajstić information content (AvgIpc) is 3.57. The van der Waals surface area contributed by atoms with Crippen molar-refractivity contribution in [1.29, 1.82) is 0 Å². The Bertz CT molecular complexity index is 1250. The van der Waals surface area contributed by atoms with Crippen molar-refractivity contribution in [2.24, 2.45) is 0 Å². The topological polar surface area (TPSA) is 0 Å². The van der Waals surface area contributed by atoms with E-state index in [0.717, 1.165) is 12.0 Å². The van der Waals surface area contributed by atoms with Crippen LogP contribution in [0.1, 0.15) is 67.5 Å². The van der Waals surface area contributed by atoms with Gasteiger partial charge in [-0.15, -0.1) is 23.8 Å². The van der Waals surface area contributed by atoms with Crippen molar-refractivity contribution in [2.45, 2.75) is 46.0 Å². The van der Waals surface area contributed by atoms with Gasteiger partial charge in [0.2, 0.25) is 0 Å². The summed E-state index contributed by atoms with van der Waals surface area (Å²) in [6, 6.07) is 33.2. The normalized spacial score (nSPS) is 10.6. The molecule has 0 saturated heterocycles. The largest absolute Gasteiger partial charge is 1.00 e. The molecule has 0 aromatic heterocycles. The molecule has 38 heavy (non-hydrogen) atoms. The molecule has 0 radical (unpaired) electrons. The zero-order valence-electron chi connectivity index (χ0n) is 22.8. The first-order chi connectivity index (χ1) is 17.3. The van der Waals surface area contributed by atoms with E-state index in [1.54, 1.807) is 3.21 Å². The second-order valence-electron chi connectivity index (χ2n) is 9.95. The number of benzene rings is 3. The fourth-order valence-electron chi connectivity index (χ4n) is 4.08. The Kier molecular flexibility index (Phi) is 14.3. The van der Waals surface area contributed by atoms with Gasteiger partial charge in [-0.05, 0) is 12.0 Å². The first-order valence-electron chi connectivity index (χ1n) is 12.5. The number of hydrogen-bond acceptors (Lipinski definition) is 0. The molecule has 0 amide bonds. The van der Waals surface area contributed by atoms with E-state index in [0.29, 0.717) is 5.41 Å². The van der Waals surface area contributed by atoms with Gasteiger partial charge in [-0.2, -0.15) is 47.5 Å². The molecular weight excluding hydrogens is 583 g/mol. The van der Waals surface area contributed by atoms with Crippen molar-refractivity contribution in [3.63, 3.8) is 0 Å². The number of fused-ring (bicyclic) bond motifs is 3. The summed E-state index contributed by atoms with van der Waals surface area (Å²) in [7, 11) is 0. The van der Waals surface area contributed by atoms with Crippen LogP contribution in [0.3, 0.4) is 0 Å². The Morgan fingerprint density at radius 3 is 2.13 bits per heavy atom. The maximum absolute atomic E-state index is 3.82. The van der Waals surface area contributed by atoms with Crippen molar-refractivity contribution in [3.8, 4) is 11.1 Å². The van der Waals surface area contributed by atoms with Crippen LogP contribution in [0.15, 0.2) is 98.1 Å². The van der Waals surface area contributed by atoms with E-state index in [2.05, 4.69) is 126 Å². The summed E-state index contributed by atoms with van der Waals surface area (Å²) in [6.07, 6.45) is 5.92. The van der Waals surface area contributed by atoms with Gasteiger partial charge in [0, 0.05) is 0 Å². The van der Waals surface area contributed by atoms with E-state index in [1.165, 1.54) is 69.6 Å². The second kappa shape index (κ2) is 16.0. The molecule has 0 unspecified atom stereocenters. The molecule has 0 atom stereocenters. The predicted octanol–water partition coefficient (Wildman–Crippen LogP) is 3.22. The molecule has 3 heteroatoms. The smallest absolute Gasteiger partial charge is 1.00 e. The van der Waals surface area contributed by atoms with Crippen LogP contribution in [0.25, 0.3) is 23.3 Å². The van der Waals surface area contributed by atoms with E-state index in [9.17, 15) is 0 Å². The van der Waals surface area contributed by atoms with Gasteiger partial charge in [0.1, 0.15) is 0 Å². The van der Waals surface area contributed by atoms with Crippen LogP contribution in [-0.2, 0) is 36.1 Å². The molecule has 0 saturated carbocycles. The molecule has 1 aliphatic carbocycles. The summed E-state index contributed by atoms with van der Waals surface area (Å²) in [5.41, 5.74) is 10.7. The molecule has 4 aromatic rings. The van der Waals surface area contributed by atoms with Crippen LogP contribution in [0, 0.1) is 6.07 Å². The van der Waals surface area contributed by atoms with E-state index in [4.69, 9.17) is 0 Å². The Morgan fingerprint density at radius 1 is 0.947 bits per heavy atom. The van der Waals surface area contributed by atoms with Gasteiger partial charge in [-0.3, -0.25) is 0 Å². The van der Waals surface area contributed by atoms with Gasteiger partial charge in [-0.1, -0.05) is 68.2 Å². The van der Waals surface area contributed by atoms with Gasteiger partial charge in [0.25, 0.3) is 0 Å². The first kappa shape index (κ1) is 33.9. The summed E-state index contributed by atoms with van der Waals surface area (Å²) < 4.78 is 1.55. The number of hydrogen-bond donors (Lipinski definition) is 0.